The number of hydrogen-bond donors (Lipinski definition) is 2. The fraction of sp³-hybridized carbons (Fsp3) is 0.393. The Bertz CT molecular complexity index is 1010. The highest BCUT2D eigenvalue weighted by Gasteiger charge is 2.33. The van der Waals surface area contributed by atoms with E-state index < -0.39 is 0 Å². The third kappa shape index (κ3) is 5.34. The third-order valence-electron chi connectivity index (χ3n) is 7.00. The van der Waals surface area contributed by atoms with Crippen molar-refractivity contribution in [3.63, 3.8) is 0 Å². The van der Waals surface area contributed by atoms with Crippen LogP contribution in [0.4, 0.5) is 0 Å². The van der Waals surface area contributed by atoms with Crippen molar-refractivity contribution in [2.45, 2.75) is 44.7 Å². The van der Waals surface area contributed by atoms with Crippen LogP contribution in [0, 0.1) is 5.92 Å². The molecule has 174 valence electrons. The summed E-state index contributed by atoms with van der Waals surface area (Å²) in [6.45, 7) is 12.9. The first-order valence-corrected chi connectivity index (χ1v) is 12.4. The molecule has 2 aliphatic rings. The molecule has 4 rings (SSSR count). The van der Waals surface area contributed by atoms with Crippen molar-refractivity contribution in [3.8, 4) is 0 Å². The van der Waals surface area contributed by atoms with Crippen LogP contribution in [0.1, 0.15) is 60.9 Å². The monoisotopic (exact) mass is 462 g/mol. The third-order valence-corrected chi connectivity index (χ3v) is 7.24. The highest BCUT2D eigenvalue weighted by atomic mass is 35.5. The number of piperidine rings is 1. The van der Waals surface area contributed by atoms with Crippen LogP contribution in [0.2, 0.25) is 5.02 Å². The number of nitrogens with one attached hydrogen (secondary N) is 2. The summed E-state index contributed by atoms with van der Waals surface area (Å²) >= 11 is 6.46. The van der Waals surface area contributed by atoms with E-state index in [1.54, 1.807) is 6.20 Å². The van der Waals surface area contributed by atoms with Gasteiger partial charge in [0.15, 0.2) is 0 Å². The lowest BCUT2D eigenvalue weighted by atomic mass is 9.76. The van der Waals surface area contributed by atoms with Gasteiger partial charge in [0.05, 0.1) is 11.9 Å². The molecule has 2 aromatic rings. The largest absolute Gasteiger partial charge is 0.372 e. The number of pyridine rings is 1. The van der Waals surface area contributed by atoms with Crippen LogP contribution in [-0.2, 0) is 0 Å². The van der Waals surface area contributed by atoms with Crippen molar-refractivity contribution in [2.75, 3.05) is 19.6 Å². The van der Waals surface area contributed by atoms with Gasteiger partial charge in [-0.3, -0.25) is 4.98 Å². The van der Waals surface area contributed by atoms with Gasteiger partial charge in [-0.05, 0) is 104 Å². The van der Waals surface area contributed by atoms with Crippen molar-refractivity contribution in [1.82, 2.24) is 20.5 Å². The molecule has 0 saturated carbocycles. The predicted molar refractivity (Wildman–Crippen MR) is 140 cm³/mol. The summed E-state index contributed by atoms with van der Waals surface area (Å²) < 4.78 is 0. The molecule has 33 heavy (non-hydrogen) atoms. The van der Waals surface area contributed by atoms with Crippen LogP contribution >= 0.6 is 11.6 Å². The summed E-state index contributed by atoms with van der Waals surface area (Å²) in [5, 5.41) is 7.55. The molecule has 0 radical (unpaired) electrons. The van der Waals surface area contributed by atoms with Crippen LogP contribution in [0.5, 0.6) is 0 Å². The minimum atomic E-state index is 0.167. The fourth-order valence-corrected chi connectivity index (χ4v) is 5.51. The zero-order valence-electron chi connectivity index (χ0n) is 19.6. The normalized spacial score (nSPS) is 18.8. The minimum absolute atomic E-state index is 0.167. The highest BCUT2D eigenvalue weighted by Crippen LogP contribution is 2.44. The summed E-state index contributed by atoms with van der Waals surface area (Å²) in [6.07, 6.45) is 12.4. The molecule has 1 aromatic carbocycles. The average molecular weight is 463 g/mol. The number of benzene rings is 1. The van der Waals surface area contributed by atoms with Crippen LogP contribution < -0.4 is 10.6 Å². The van der Waals surface area contributed by atoms with Crippen molar-refractivity contribution in [2.24, 2.45) is 5.92 Å². The van der Waals surface area contributed by atoms with Gasteiger partial charge in [-0.25, -0.2) is 0 Å². The van der Waals surface area contributed by atoms with Gasteiger partial charge in [-0.15, -0.1) is 0 Å². The molecule has 0 amide bonds. The van der Waals surface area contributed by atoms with E-state index in [1.807, 2.05) is 18.5 Å². The molecule has 2 N–H and O–H groups in total. The van der Waals surface area contributed by atoms with Gasteiger partial charge in [0, 0.05) is 23.7 Å². The summed E-state index contributed by atoms with van der Waals surface area (Å²) in [5.74, 6) is 0.875. The van der Waals surface area contributed by atoms with Gasteiger partial charge in [0.2, 0.25) is 0 Å². The van der Waals surface area contributed by atoms with Crippen LogP contribution in [0.25, 0.3) is 11.6 Å². The Labute approximate surface area is 203 Å². The molecule has 1 fully saturated rings. The number of fused-ring (bicyclic) bond motifs is 2. The quantitative estimate of drug-likeness (QED) is 0.446. The number of aromatic nitrogens is 1. The van der Waals surface area contributed by atoms with E-state index in [-0.39, 0.29) is 6.17 Å². The lowest BCUT2D eigenvalue weighted by molar-refractivity contribution is 0.269. The number of hydrogen-bond acceptors (Lipinski definition) is 4. The molecular formula is C28H35ClN4. The Kier molecular flexibility index (Phi) is 7.89. The summed E-state index contributed by atoms with van der Waals surface area (Å²) in [6, 6.07) is 10.7. The second kappa shape index (κ2) is 11.0. The number of allylic oxidation sites excluding steroid dienone is 1. The molecular weight excluding hydrogens is 428 g/mol. The Morgan fingerprint density at radius 2 is 2.09 bits per heavy atom. The van der Waals surface area contributed by atoms with E-state index in [0.29, 0.717) is 11.8 Å². The Morgan fingerprint density at radius 1 is 1.27 bits per heavy atom. The lowest BCUT2D eigenvalue weighted by Crippen LogP contribution is -2.38. The zero-order valence-corrected chi connectivity index (χ0v) is 20.3. The summed E-state index contributed by atoms with van der Waals surface area (Å²) in [7, 11) is 0. The molecule has 2 heterocycles. The highest BCUT2D eigenvalue weighted by molar-refractivity contribution is 6.30. The maximum absolute atomic E-state index is 6.46. The fourth-order valence-electron chi connectivity index (χ4n) is 5.33. The summed E-state index contributed by atoms with van der Waals surface area (Å²) in [4.78, 5) is 7.19. The van der Waals surface area contributed by atoms with E-state index in [2.05, 4.69) is 66.0 Å². The Hall–Kier alpha value is -2.56. The molecule has 2 atom stereocenters. The molecule has 1 saturated heterocycles. The Balaban J connectivity index is 1.67. The van der Waals surface area contributed by atoms with E-state index in [9.17, 15) is 0 Å². The van der Waals surface area contributed by atoms with Crippen LogP contribution in [0.15, 0.2) is 62.1 Å². The predicted octanol–water partition coefficient (Wildman–Crippen LogP) is 6.03. The van der Waals surface area contributed by atoms with Gasteiger partial charge >= 0.3 is 0 Å². The van der Waals surface area contributed by atoms with E-state index in [0.717, 1.165) is 37.5 Å². The van der Waals surface area contributed by atoms with Crippen molar-refractivity contribution in [3.05, 3.63) is 89.5 Å². The van der Waals surface area contributed by atoms with Crippen molar-refractivity contribution in [1.29, 1.82) is 0 Å². The minimum Gasteiger partial charge on any atom is -0.372 e. The topological polar surface area (TPSA) is 40.2 Å². The van der Waals surface area contributed by atoms with Crippen LogP contribution in [-0.4, -0.2) is 35.7 Å². The SMILES string of the molecule is C=CNC(C)N(C=C)CCCC1=Cc2cc(Cl)ccc2C(C2CCNCC2)c2ncccc21. The van der Waals surface area contributed by atoms with E-state index in [4.69, 9.17) is 16.6 Å². The molecule has 5 heteroatoms. The number of nitrogens with zero attached hydrogens (tertiary/aromatic N) is 2. The first-order chi connectivity index (χ1) is 16.1. The molecule has 1 aliphatic carbocycles. The van der Waals surface area contributed by atoms with Gasteiger partial charge in [0.25, 0.3) is 0 Å². The van der Waals surface area contributed by atoms with Crippen molar-refractivity contribution >= 4 is 23.3 Å². The van der Waals surface area contributed by atoms with Gasteiger partial charge < -0.3 is 15.5 Å². The van der Waals surface area contributed by atoms with Crippen LogP contribution in [0.3, 0.4) is 0 Å². The van der Waals surface area contributed by atoms with Gasteiger partial charge in [0.1, 0.15) is 0 Å². The first-order valence-electron chi connectivity index (χ1n) is 12.0. The lowest BCUT2D eigenvalue weighted by Gasteiger charge is -2.32. The van der Waals surface area contributed by atoms with Gasteiger partial charge in [-0.2, -0.15) is 0 Å². The molecule has 4 nitrogen and oxygen atoms in total. The van der Waals surface area contributed by atoms with Gasteiger partial charge in [-0.1, -0.05) is 43.0 Å². The standard InChI is InChI=1S/C28H35ClN4/c1-4-31-20(3)33(5-2)17-7-8-22-18-23-19-24(29)10-11-25(23)27(21-12-15-30-16-13-21)28-26(22)9-6-14-32-28/h4-6,9-11,14,18-21,27,30-31H,1-2,7-8,12-13,15-17H2,3H3. The van der Waals surface area contributed by atoms with E-state index >= 15 is 0 Å². The smallest absolute Gasteiger partial charge is 0.0950 e. The van der Waals surface area contributed by atoms with E-state index in [1.165, 1.54) is 40.8 Å². The maximum Gasteiger partial charge on any atom is 0.0950 e. The first kappa shape index (κ1) is 23.6. The molecule has 0 bridgehead atoms. The second-order valence-electron chi connectivity index (χ2n) is 9.01. The molecule has 2 unspecified atom stereocenters. The molecule has 0 spiro atoms. The zero-order chi connectivity index (χ0) is 23.2. The Morgan fingerprint density at radius 3 is 2.85 bits per heavy atom. The summed E-state index contributed by atoms with van der Waals surface area (Å²) in [5.41, 5.74) is 6.44. The second-order valence-corrected chi connectivity index (χ2v) is 9.45. The van der Waals surface area contributed by atoms with Crippen molar-refractivity contribution < 1.29 is 0 Å². The number of halogens is 1. The molecule has 1 aromatic heterocycles. The average Bonchev–Trinajstić information content (AvgIpc) is 2.96. The maximum atomic E-state index is 6.46. The molecule has 1 aliphatic heterocycles. The number of rotatable bonds is 9.